The van der Waals surface area contributed by atoms with Crippen LogP contribution in [0.2, 0.25) is 0 Å². The van der Waals surface area contributed by atoms with E-state index >= 15 is 0 Å². The van der Waals surface area contributed by atoms with E-state index in [1.165, 1.54) is 10.4 Å². The molecule has 1 aromatic carbocycles. The van der Waals surface area contributed by atoms with Crippen LogP contribution in [-0.2, 0) is 0 Å². The van der Waals surface area contributed by atoms with Gasteiger partial charge in [0.1, 0.15) is 6.33 Å². The molecule has 0 aliphatic carbocycles. The minimum atomic E-state index is -0.286. The van der Waals surface area contributed by atoms with E-state index in [9.17, 15) is 0 Å². The first-order valence-corrected chi connectivity index (χ1v) is 8.10. The minimum Gasteiger partial charge on any atom is -0.319 e. The molecule has 4 aromatic rings. The van der Waals surface area contributed by atoms with E-state index in [2.05, 4.69) is 33.2 Å². The van der Waals surface area contributed by atoms with Gasteiger partial charge >= 0.3 is 0 Å². The Hall–Kier alpha value is -2.63. The molecule has 3 aromatic heterocycles. The fourth-order valence-corrected chi connectivity index (χ4v) is 3.71. The van der Waals surface area contributed by atoms with E-state index in [0.717, 1.165) is 21.5 Å². The lowest BCUT2D eigenvalue weighted by Gasteiger charge is -2.11. The Balaban J connectivity index is 1.84. The Bertz CT molecular complexity index is 935. The molecule has 0 fully saturated rings. The fraction of sp³-hybridized carbons (Fsp3) is 0.0556. The first-order valence-electron chi connectivity index (χ1n) is 7.28. The second kappa shape index (κ2) is 5.87. The molecule has 0 bridgehead atoms. The van der Waals surface area contributed by atoms with Crippen LogP contribution < -0.4 is 5.73 Å². The van der Waals surface area contributed by atoms with Gasteiger partial charge in [0, 0.05) is 17.3 Å². The molecule has 0 aliphatic rings. The summed E-state index contributed by atoms with van der Waals surface area (Å²) in [5.41, 5.74) is 10.4. The van der Waals surface area contributed by atoms with Crippen LogP contribution in [0.25, 0.3) is 20.7 Å². The Morgan fingerprint density at radius 2 is 1.74 bits per heavy atom. The maximum Gasteiger partial charge on any atom is 0.116 e. The zero-order chi connectivity index (χ0) is 15.6. The first-order chi connectivity index (χ1) is 11.3. The summed E-state index contributed by atoms with van der Waals surface area (Å²) in [4.78, 5) is 14.1. The Labute approximate surface area is 137 Å². The maximum atomic E-state index is 6.42. The highest BCUT2D eigenvalue weighted by Gasteiger charge is 2.17. The summed E-state index contributed by atoms with van der Waals surface area (Å²) in [7, 11) is 0. The number of benzene rings is 1. The zero-order valence-corrected chi connectivity index (χ0v) is 13.1. The van der Waals surface area contributed by atoms with Crippen LogP contribution in [-0.4, -0.2) is 15.0 Å². The maximum absolute atomic E-state index is 6.42. The lowest BCUT2D eigenvalue weighted by atomic mass is 10.1. The van der Waals surface area contributed by atoms with Crippen molar-refractivity contribution in [2.45, 2.75) is 6.04 Å². The number of hydrogen-bond acceptors (Lipinski definition) is 5. The van der Waals surface area contributed by atoms with Gasteiger partial charge in [-0.15, -0.1) is 11.3 Å². The van der Waals surface area contributed by atoms with Gasteiger partial charge in [0.05, 0.1) is 22.0 Å². The molecule has 0 spiro atoms. The normalized spacial score (nSPS) is 12.4. The van der Waals surface area contributed by atoms with Gasteiger partial charge in [0.25, 0.3) is 0 Å². The quantitative estimate of drug-likeness (QED) is 0.624. The van der Waals surface area contributed by atoms with Gasteiger partial charge in [0.2, 0.25) is 0 Å². The fourth-order valence-electron chi connectivity index (χ4n) is 2.57. The molecular formula is C18H14N4S. The number of nitrogens with zero attached hydrogens (tertiary/aromatic N) is 3. The van der Waals surface area contributed by atoms with Crippen LogP contribution in [0.15, 0.2) is 67.3 Å². The van der Waals surface area contributed by atoms with Crippen LogP contribution >= 0.6 is 11.3 Å². The lowest BCUT2D eigenvalue weighted by Crippen LogP contribution is -2.13. The molecule has 4 rings (SSSR count). The zero-order valence-electron chi connectivity index (χ0n) is 12.3. The summed E-state index contributed by atoms with van der Waals surface area (Å²) in [6.07, 6.45) is 5.08. The average molecular weight is 318 g/mol. The molecule has 4 nitrogen and oxygen atoms in total. The van der Waals surface area contributed by atoms with E-state index in [1.54, 1.807) is 30.1 Å². The van der Waals surface area contributed by atoms with Crippen molar-refractivity contribution in [3.8, 4) is 10.4 Å². The molecule has 112 valence electrons. The minimum absolute atomic E-state index is 0.286. The first kappa shape index (κ1) is 14.0. The summed E-state index contributed by atoms with van der Waals surface area (Å²) in [5, 5.41) is 0. The monoisotopic (exact) mass is 318 g/mol. The summed E-state index contributed by atoms with van der Waals surface area (Å²) in [6.45, 7) is 0. The Morgan fingerprint density at radius 1 is 0.957 bits per heavy atom. The van der Waals surface area contributed by atoms with Gasteiger partial charge in [-0.3, -0.25) is 4.98 Å². The number of rotatable bonds is 3. The SMILES string of the molecule is NC(c1ccncc1)c1ncnc2cc(-c3ccccc3)sc12. The van der Waals surface area contributed by atoms with E-state index in [-0.39, 0.29) is 6.04 Å². The van der Waals surface area contributed by atoms with Crippen LogP contribution in [0.1, 0.15) is 17.3 Å². The Kier molecular flexibility index (Phi) is 3.57. The molecule has 3 heterocycles. The summed E-state index contributed by atoms with van der Waals surface area (Å²) >= 11 is 1.68. The number of thiophene rings is 1. The van der Waals surface area contributed by atoms with Crippen molar-refractivity contribution in [2.24, 2.45) is 5.73 Å². The summed E-state index contributed by atoms with van der Waals surface area (Å²) in [6, 6.07) is 15.9. The molecular weight excluding hydrogens is 304 g/mol. The Morgan fingerprint density at radius 3 is 2.52 bits per heavy atom. The number of nitrogens with two attached hydrogens (primary N) is 1. The molecule has 0 radical (unpaired) electrons. The second-order valence-corrected chi connectivity index (χ2v) is 6.26. The van der Waals surface area contributed by atoms with Crippen molar-refractivity contribution in [2.75, 3.05) is 0 Å². The van der Waals surface area contributed by atoms with Crippen molar-refractivity contribution < 1.29 is 0 Å². The number of hydrogen-bond donors (Lipinski definition) is 1. The molecule has 1 atom stereocenters. The van der Waals surface area contributed by atoms with Crippen LogP contribution in [0.3, 0.4) is 0 Å². The van der Waals surface area contributed by atoms with Crippen molar-refractivity contribution in [3.05, 3.63) is 78.5 Å². The highest BCUT2D eigenvalue weighted by Crippen LogP contribution is 2.36. The largest absolute Gasteiger partial charge is 0.319 e. The van der Waals surface area contributed by atoms with Crippen molar-refractivity contribution >= 4 is 21.6 Å². The smallest absolute Gasteiger partial charge is 0.116 e. The average Bonchev–Trinajstić information content (AvgIpc) is 3.07. The van der Waals surface area contributed by atoms with E-state index in [0.29, 0.717) is 0 Å². The molecule has 2 N–H and O–H groups in total. The van der Waals surface area contributed by atoms with Gasteiger partial charge in [-0.25, -0.2) is 9.97 Å². The van der Waals surface area contributed by atoms with Crippen molar-refractivity contribution in [1.29, 1.82) is 0 Å². The highest BCUT2D eigenvalue weighted by atomic mass is 32.1. The predicted octanol–water partition coefficient (Wildman–Crippen LogP) is 3.80. The van der Waals surface area contributed by atoms with Gasteiger partial charge in [-0.1, -0.05) is 30.3 Å². The topological polar surface area (TPSA) is 64.7 Å². The molecule has 0 saturated carbocycles. The lowest BCUT2D eigenvalue weighted by molar-refractivity contribution is 0.834. The second-order valence-electron chi connectivity index (χ2n) is 5.21. The van der Waals surface area contributed by atoms with Crippen LogP contribution in [0, 0.1) is 0 Å². The molecule has 5 heteroatoms. The molecule has 1 unspecified atom stereocenters. The molecule has 0 amide bonds. The number of pyridine rings is 1. The number of fused-ring (bicyclic) bond motifs is 1. The van der Waals surface area contributed by atoms with Crippen LogP contribution in [0.4, 0.5) is 0 Å². The van der Waals surface area contributed by atoms with Gasteiger partial charge < -0.3 is 5.73 Å². The van der Waals surface area contributed by atoms with E-state index < -0.39 is 0 Å². The van der Waals surface area contributed by atoms with Crippen LogP contribution in [0.5, 0.6) is 0 Å². The van der Waals surface area contributed by atoms with Gasteiger partial charge in [0.15, 0.2) is 0 Å². The van der Waals surface area contributed by atoms with Gasteiger partial charge in [-0.05, 0) is 29.3 Å². The summed E-state index contributed by atoms with van der Waals surface area (Å²) in [5.74, 6) is 0. The standard InChI is InChI=1S/C18H14N4S/c19-16(13-6-8-20-9-7-13)17-18-14(21-11-22-17)10-15(23-18)12-4-2-1-3-5-12/h1-11,16H,19H2. The van der Waals surface area contributed by atoms with Gasteiger partial charge in [-0.2, -0.15) is 0 Å². The highest BCUT2D eigenvalue weighted by molar-refractivity contribution is 7.22. The molecule has 0 saturated heterocycles. The summed E-state index contributed by atoms with van der Waals surface area (Å²) < 4.78 is 1.04. The third kappa shape index (κ3) is 2.60. The number of aromatic nitrogens is 3. The third-order valence-electron chi connectivity index (χ3n) is 3.76. The predicted molar refractivity (Wildman–Crippen MR) is 93.1 cm³/mol. The van der Waals surface area contributed by atoms with Crippen molar-refractivity contribution in [3.63, 3.8) is 0 Å². The van der Waals surface area contributed by atoms with Crippen molar-refractivity contribution in [1.82, 2.24) is 15.0 Å². The molecule has 0 aliphatic heterocycles. The third-order valence-corrected chi connectivity index (χ3v) is 4.95. The van der Waals surface area contributed by atoms with E-state index in [1.807, 2.05) is 30.3 Å². The van der Waals surface area contributed by atoms with E-state index in [4.69, 9.17) is 5.73 Å². The molecule has 23 heavy (non-hydrogen) atoms.